The van der Waals surface area contributed by atoms with Crippen LogP contribution in [0.15, 0.2) is 30.3 Å². The van der Waals surface area contributed by atoms with Gasteiger partial charge in [0, 0.05) is 10.6 Å². The van der Waals surface area contributed by atoms with Gasteiger partial charge in [-0.1, -0.05) is 6.92 Å². The molecule has 1 heterocycles. The number of aryl methyl sites for hydroxylation is 2. The van der Waals surface area contributed by atoms with E-state index in [9.17, 15) is 18.4 Å². The first kappa shape index (κ1) is 18.9. The lowest BCUT2D eigenvalue weighted by Gasteiger charge is -2.08. The monoisotopic (exact) mass is 369 g/mol. The van der Waals surface area contributed by atoms with Gasteiger partial charge in [0.05, 0.1) is 0 Å². The minimum atomic E-state index is -2.91. The summed E-state index contributed by atoms with van der Waals surface area (Å²) in [6.45, 7) is 0.570. The number of ether oxygens (including phenoxy) is 2. The van der Waals surface area contributed by atoms with Crippen molar-refractivity contribution in [2.24, 2.45) is 0 Å². The molecular weight excluding hydrogens is 352 g/mol. The fourth-order valence-corrected chi connectivity index (χ4v) is 3.10. The first-order valence-electron chi connectivity index (χ1n) is 7.50. The maximum atomic E-state index is 12.1. The molecule has 25 heavy (non-hydrogen) atoms. The zero-order valence-electron chi connectivity index (χ0n) is 13.7. The minimum absolute atomic E-state index is 0.0146. The lowest BCUT2D eigenvalue weighted by molar-refractivity contribution is -0.119. The lowest BCUT2D eigenvalue weighted by Crippen LogP contribution is -2.20. The summed E-state index contributed by atoms with van der Waals surface area (Å²) in [6.07, 6.45) is 0.829. The highest BCUT2D eigenvalue weighted by Gasteiger charge is 2.15. The van der Waals surface area contributed by atoms with Crippen LogP contribution in [0.1, 0.15) is 27.0 Å². The van der Waals surface area contributed by atoms with Crippen molar-refractivity contribution in [2.45, 2.75) is 26.9 Å². The van der Waals surface area contributed by atoms with E-state index in [1.807, 2.05) is 13.8 Å². The molecule has 2 rings (SSSR count). The average Bonchev–Trinajstić information content (AvgIpc) is 2.95. The fourth-order valence-electron chi connectivity index (χ4n) is 2.09. The Balaban J connectivity index is 1.84. The topological polar surface area (TPSA) is 64.6 Å². The summed E-state index contributed by atoms with van der Waals surface area (Å²) in [4.78, 5) is 25.3. The van der Waals surface area contributed by atoms with Crippen molar-refractivity contribution in [3.63, 3.8) is 0 Å². The van der Waals surface area contributed by atoms with Gasteiger partial charge < -0.3 is 14.8 Å². The van der Waals surface area contributed by atoms with Crippen molar-refractivity contribution < 1.29 is 27.8 Å². The summed E-state index contributed by atoms with van der Waals surface area (Å²) in [7, 11) is 0. The van der Waals surface area contributed by atoms with Crippen LogP contribution in [0.2, 0.25) is 0 Å². The number of hydrogen-bond donors (Lipinski definition) is 1. The van der Waals surface area contributed by atoms with Gasteiger partial charge in [-0.3, -0.25) is 4.79 Å². The van der Waals surface area contributed by atoms with Gasteiger partial charge in [0.2, 0.25) is 0 Å². The van der Waals surface area contributed by atoms with Gasteiger partial charge in [0.1, 0.15) is 10.6 Å². The molecule has 8 heteroatoms. The van der Waals surface area contributed by atoms with E-state index in [2.05, 4.69) is 10.1 Å². The number of nitrogens with one attached hydrogen (secondary N) is 1. The van der Waals surface area contributed by atoms with Crippen LogP contribution >= 0.6 is 11.3 Å². The van der Waals surface area contributed by atoms with Gasteiger partial charge in [-0.15, -0.1) is 11.3 Å². The second-order valence-corrected chi connectivity index (χ2v) is 6.23. The Morgan fingerprint density at radius 1 is 1.24 bits per heavy atom. The maximum Gasteiger partial charge on any atom is 0.387 e. The van der Waals surface area contributed by atoms with E-state index < -0.39 is 25.1 Å². The SMILES string of the molecule is CCc1sc(C(=O)OCC(=O)Nc2ccc(OC(F)F)cc2)cc1C. The number of anilines is 1. The molecule has 1 N–H and O–H groups in total. The first-order chi connectivity index (χ1) is 11.9. The Kier molecular flexibility index (Phi) is 6.46. The molecule has 0 aliphatic rings. The zero-order chi connectivity index (χ0) is 18.4. The van der Waals surface area contributed by atoms with Crippen molar-refractivity contribution in [2.75, 3.05) is 11.9 Å². The molecule has 1 aromatic heterocycles. The normalized spacial score (nSPS) is 10.6. The van der Waals surface area contributed by atoms with Crippen LogP contribution in [0.3, 0.4) is 0 Å². The molecule has 0 unspecified atom stereocenters. The molecule has 0 radical (unpaired) electrons. The molecule has 134 valence electrons. The number of benzene rings is 1. The Bertz CT molecular complexity index is 744. The van der Waals surface area contributed by atoms with Crippen molar-refractivity contribution in [1.82, 2.24) is 0 Å². The molecule has 1 aromatic carbocycles. The van der Waals surface area contributed by atoms with Gasteiger partial charge in [-0.25, -0.2) is 4.79 Å². The van der Waals surface area contributed by atoms with Crippen LogP contribution in [0.25, 0.3) is 0 Å². The van der Waals surface area contributed by atoms with Crippen LogP contribution in [0.5, 0.6) is 5.75 Å². The van der Waals surface area contributed by atoms with Gasteiger partial charge in [0.25, 0.3) is 5.91 Å². The number of halogens is 2. The number of amides is 1. The van der Waals surface area contributed by atoms with Crippen molar-refractivity contribution in [3.8, 4) is 5.75 Å². The Morgan fingerprint density at radius 3 is 2.48 bits per heavy atom. The third-order valence-electron chi connectivity index (χ3n) is 3.24. The Morgan fingerprint density at radius 2 is 1.92 bits per heavy atom. The smallest absolute Gasteiger partial charge is 0.387 e. The highest BCUT2D eigenvalue weighted by atomic mass is 32.1. The molecular formula is C17H17F2NO4S. The summed E-state index contributed by atoms with van der Waals surface area (Å²) < 4.78 is 33.3. The largest absolute Gasteiger partial charge is 0.451 e. The average molecular weight is 369 g/mol. The van der Waals surface area contributed by atoms with E-state index in [1.54, 1.807) is 6.07 Å². The van der Waals surface area contributed by atoms with Gasteiger partial charge in [-0.2, -0.15) is 8.78 Å². The summed E-state index contributed by atoms with van der Waals surface area (Å²) in [6, 6.07) is 7.16. The zero-order valence-corrected chi connectivity index (χ0v) is 14.5. The summed E-state index contributed by atoms with van der Waals surface area (Å²) in [5.41, 5.74) is 1.40. The summed E-state index contributed by atoms with van der Waals surface area (Å²) >= 11 is 1.35. The molecule has 5 nitrogen and oxygen atoms in total. The number of thiophene rings is 1. The van der Waals surface area contributed by atoms with E-state index >= 15 is 0 Å². The first-order valence-corrected chi connectivity index (χ1v) is 8.31. The predicted molar refractivity (Wildman–Crippen MR) is 90.4 cm³/mol. The molecule has 0 atom stereocenters. The van der Waals surface area contributed by atoms with Crippen molar-refractivity contribution in [3.05, 3.63) is 45.6 Å². The second kappa shape index (κ2) is 8.57. The number of alkyl halides is 2. The van der Waals surface area contributed by atoms with E-state index in [4.69, 9.17) is 4.74 Å². The molecule has 0 fully saturated rings. The highest BCUT2D eigenvalue weighted by Crippen LogP contribution is 2.23. The standard InChI is InChI=1S/C17H17F2NO4S/c1-3-13-10(2)8-14(25-13)16(22)23-9-15(21)20-11-4-6-12(7-5-11)24-17(18)19/h4-8,17H,3,9H2,1-2H3,(H,20,21). The van der Waals surface area contributed by atoms with E-state index in [-0.39, 0.29) is 5.75 Å². The van der Waals surface area contributed by atoms with Crippen LogP contribution in [-0.4, -0.2) is 25.1 Å². The molecule has 0 saturated carbocycles. The van der Waals surface area contributed by atoms with Crippen LogP contribution in [0.4, 0.5) is 14.5 Å². The Hall–Kier alpha value is -2.48. The third-order valence-corrected chi connectivity index (χ3v) is 4.60. The van der Waals surface area contributed by atoms with E-state index in [0.29, 0.717) is 10.6 Å². The lowest BCUT2D eigenvalue weighted by atomic mass is 10.2. The Labute approximate surface area is 147 Å². The van der Waals surface area contributed by atoms with Crippen LogP contribution in [-0.2, 0) is 16.0 Å². The quantitative estimate of drug-likeness (QED) is 0.749. The minimum Gasteiger partial charge on any atom is -0.451 e. The second-order valence-electron chi connectivity index (χ2n) is 5.10. The van der Waals surface area contributed by atoms with Gasteiger partial charge >= 0.3 is 12.6 Å². The summed E-state index contributed by atoms with van der Waals surface area (Å²) in [5, 5.41) is 2.50. The number of carbonyl (C=O) groups is 2. The van der Waals surface area contributed by atoms with E-state index in [0.717, 1.165) is 16.9 Å². The third kappa shape index (κ3) is 5.53. The number of rotatable bonds is 7. The predicted octanol–water partition coefficient (Wildman–Crippen LogP) is 4.02. The van der Waals surface area contributed by atoms with Crippen molar-refractivity contribution in [1.29, 1.82) is 0 Å². The molecule has 0 bridgehead atoms. The summed E-state index contributed by atoms with van der Waals surface area (Å²) in [5.74, 6) is -1.09. The van der Waals surface area contributed by atoms with Crippen LogP contribution < -0.4 is 10.1 Å². The molecule has 0 spiro atoms. The maximum absolute atomic E-state index is 12.1. The van der Waals surface area contributed by atoms with Gasteiger partial charge in [-0.05, 0) is 49.2 Å². The van der Waals surface area contributed by atoms with E-state index in [1.165, 1.54) is 35.6 Å². The van der Waals surface area contributed by atoms with Gasteiger partial charge in [0.15, 0.2) is 6.61 Å². The fraction of sp³-hybridized carbons (Fsp3) is 0.294. The number of hydrogen-bond acceptors (Lipinski definition) is 5. The highest BCUT2D eigenvalue weighted by molar-refractivity contribution is 7.14. The van der Waals surface area contributed by atoms with Crippen molar-refractivity contribution >= 4 is 28.9 Å². The molecule has 0 saturated heterocycles. The molecule has 1 amide bonds. The molecule has 0 aliphatic carbocycles. The number of esters is 1. The van der Waals surface area contributed by atoms with Crippen LogP contribution in [0, 0.1) is 6.92 Å². The molecule has 2 aromatic rings. The number of carbonyl (C=O) groups excluding carboxylic acids is 2. The molecule has 0 aliphatic heterocycles.